The molecule has 0 aliphatic carbocycles. The van der Waals surface area contributed by atoms with Crippen molar-refractivity contribution in [1.29, 1.82) is 0 Å². The van der Waals surface area contributed by atoms with Crippen LogP contribution in [0, 0.1) is 0 Å². The van der Waals surface area contributed by atoms with Crippen molar-refractivity contribution in [3.63, 3.8) is 0 Å². The topological polar surface area (TPSA) is 43.6 Å². The van der Waals surface area contributed by atoms with Crippen molar-refractivity contribution < 1.29 is 0 Å². The second kappa shape index (κ2) is 11.9. The molecule has 2 heterocycles. The fourth-order valence-electron chi connectivity index (χ4n) is 7.37. The highest BCUT2D eigenvalue weighted by molar-refractivity contribution is 6.23. The van der Waals surface area contributed by atoms with Crippen LogP contribution in [-0.4, -0.2) is 19.5 Å². The van der Waals surface area contributed by atoms with Crippen molar-refractivity contribution in [2.45, 2.75) is 0 Å². The molecule has 0 N–H and O–H groups in total. The zero-order valence-electron chi connectivity index (χ0n) is 27.6. The minimum Gasteiger partial charge on any atom is -0.308 e. The van der Waals surface area contributed by atoms with E-state index in [2.05, 4.69) is 162 Å². The molecule has 0 amide bonds. The van der Waals surface area contributed by atoms with E-state index >= 15 is 0 Å². The molecule has 10 rings (SSSR count). The monoisotopic (exact) mass is 650 g/mol. The summed E-state index contributed by atoms with van der Waals surface area (Å²) in [6.45, 7) is 0. The maximum atomic E-state index is 5.20. The number of benzene rings is 8. The van der Waals surface area contributed by atoms with E-state index in [9.17, 15) is 0 Å². The van der Waals surface area contributed by atoms with Gasteiger partial charge >= 0.3 is 0 Å². The van der Waals surface area contributed by atoms with Gasteiger partial charge in [0.25, 0.3) is 0 Å². The van der Waals surface area contributed by atoms with Crippen molar-refractivity contribution in [2.24, 2.45) is 0 Å². The lowest BCUT2D eigenvalue weighted by Crippen LogP contribution is -2.03. The maximum absolute atomic E-state index is 5.20. The zero-order chi connectivity index (χ0) is 33.7. The van der Waals surface area contributed by atoms with Crippen molar-refractivity contribution in [3.05, 3.63) is 182 Å². The van der Waals surface area contributed by atoms with Crippen LogP contribution in [0.15, 0.2) is 182 Å². The van der Waals surface area contributed by atoms with Crippen LogP contribution in [0.5, 0.6) is 0 Å². The summed E-state index contributed by atoms with van der Waals surface area (Å²) in [5.41, 5.74) is 8.41. The van der Waals surface area contributed by atoms with Gasteiger partial charge in [0.1, 0.15) is 0 Å². The van der Waals surface area contributed by atoms with E-state index in [0.717, 1.165) is 39.0 Å². The third-order valence-electron chi connectivity index (χ3n) is 9.83. The Kier molecular flexibility index (Phi) is 6.78. The average molecular weight is 651 g/mol. The summed E-state index contributed by atoms with van der Waals surface area (Å²) in [7, 11) is 0. The molecule has 8 aromatic carbocycles. The van der Waals surface area contributed by atoms with Crippen molar-refractivity contribution in [3.8, 4) is 51.0 Å². The van der Waals surface area contributed by atoms with E-state index in [-0.39, 0.29) is 0 Å². The van der Waals surface area contributed by atoms with Gasteiger partial charge in [-0.1, -0.05) is 152 Å². The van der Waals surface area contributed by atoms with Crippen molar-refractivity contribution >= 4 is 43.4 Å². The summed E-state index contributed by atoms with van der Waals surface area (Å²) in [6, 6.07) is 63.9. The third kappa shape index (κ3) is 4.96. The molecule has 0 bridgehead atoms. The van der Waals surface area contributed by atoms with Crippen LogP contribution in [0.1, 0.15) is 0 Å². The Morgan fingerprint density at radius 1 is 0.333 bits per heavy atom. The number of hydrogen-bond acceptors (Lipinski definition) is 3. The average Bonchev–Trinajstić information content (AvgIpc) is 3.54. The highest BCUT2D eigenvalue weighted by atomic mass is 15.1. The van der Waals surface area contributed by atoms with Gasteiger partial charge in [0, 0.05) is 27.5 Å². The largest absolute Gasteiger partial charge is 0.308 e. The van der Waals surface area contributed by atoms with Crippen LogP contribution in [0.2, 0.25) is 0 Å². The number of hydrogen-bond donors (Lipinski definition) is 0. The molecule has 51 heavy (non-hydrogen) atoms. The minimum absolute atomic E-state index is 0.623. The zero-order valence-corrected chi connectivity index (χ0v) is 27.6. The third-order valence-corrected chi connectivity index (χ3v) is 9.83. The first-order valence-corrected chi connectivity index (χ1v) is 17.2. The number of fused-ring (bicyclic) bond motifs is 6. The van der Waals surface area contributed by atoms with Gasteiger partial charge in [0.2, 0.25) is 0 Å². The smallest absolute Gasteiger partial charge is 0.166 e. The summed E-state index contributed by atoms with van der Waals surface area (Å²) < 4.78 is 2.39. The molecule has 2 aromatic heterocycles. The lowest BCUT2D eigenvalue weighted by Gasteiger charge is -2.15. The van der Waals surface area contributed by atoms with Gasteiger partial charge < -0.3 is 4.57 Å². The Labute approximate surface area is 295 Å². The van der Waals surface area contributed by atoms with Gasteiger partial charge in [0.15, 0.2) is 17.5 Å². The summed E-state index contributed by atoms with van der Waals surface area (Å²) >= 11 is 0. The number of rotatable bonds is 5. The Bertz CT molecular complexity index is 2890. The van der Waals surface area contributed by atoms with Gasteiger partial charge in [-0.15, -0.1) is 0 Å². The van der Waals surface area contributed by atoms with Gasteiger partial charge in [-0.3, -0.25) is 0 Å². The van der Waals surface area contributed by atoms with E-state index in [1.807, 2.05) is 24.3 Å². The van der Waals surface area contributed by atoms with Crippen molar-refractivity contribution in [2.75, 3.05) is 0 Å². The fourth-order valence-corrected chi connectivity index (χ4v) is 7.37. The molecule has 238 valence electrons. The number of para-hydroxylation sites is 1. The Morgan fingerprint density at radius 2 is 0.863 bits per heavy atom. The maximum Gasteiger partial charge on any atom is 0.166 e. The highest BCUT2D eigenvalue weighted by Gasteiger charge is 2.20. The summed E-state index contributed by atoms with van der Waals surface area (Å²) in [6.07, 6.45) is 0. The van der Waals surface area contributed by atoms with Crippen molar-refractivity contribution in [1.82, 2.24) is 19.5 Å². The first kappa shape index (κ1) is 29.0. The molecule has 0 atom stereocenters. The van der Waals surface area contributed by atoms with Crippen LogP contribution >= 0.6 is 0 Å². The Balaban J connectivity index is 1.22. The fraction of sp³-hybridized carbons (Fsp3) is 0. The van der Waals surface area contributed by atoms with E-state index in [1.165, 1.54) is 37.9 Å². The molecular formula is C47H30N4. The standard InChI is InChI=1S/C47H30N4/c1-3-13-31(14-4-1)32-23-25-35(26-24-32)46-48-45(34-16-5-2-6-17-34)49-47(50-46)39-21-11-12-22-41(39)51-42-28-27-33-15-9-10-20-38(33)44(42)40-29-36-18-7-8-19-37(36)30-43(40)51/h1-30H. The molecule has 0 fully saturated rings. The predicted octanol–water partition coefficient (Wildman–Crippen LogP) is 11.9. The number of aromatic nitrogens is 4. The minimum atomic E-state index is 0.623. The second-order valence-corrected chi connectivity index (χ2v) is 12.9. The van der Waals surface area contributed by atoms with Crippen LogP contribution in [-0.2, 0) is 0 Å². The van der Waals surface area contributed by atoms with Crippen LogP contribution in [0.25, 0.3) is 94.3 Å². The highest BCUT2D eigenvalue weighted by Crippen LogP contribution is 2.41. The molecule has 0 unspecified atom stereocenters. The van der Waals surface area contributed by atoms with Crippen LogP contribution in [0.4, 0.5) is 0 Å². The second-order valence-electron chi connectivity index (χ2n) is 12.9. The Hall–Kier alpha value is -6.91. The SMILES string of the molecule is c1ccc(-c2ccc(-c3nc(-c4ccccc4)nc(-c4ccccc4-n4c5cc6ccccc6cc5c5c6ccccc6ccc54)n3)cc2)cc1. The first-order valence-electron chi connectivity index (χ1n) is 17.2. The molecule has 0 aliphatic heterocycles. The van der Waals surface area contributed by atoms with E-state index < -0.39 is 0 Å². The summed E-state index contributed by atoms with van der Waals surface area (Å²) in [4.78, 5) is 15.4. The molecule has 4 heteroatoms. The van der Waals surface area contributed by atoms with Gasteiger partial charge in [-0.05, 0) is 63.0 Å². The molecule has 0 saturated heterocycles. The molecule has 4 nitrogen and oxygen atoms in total. The lowest BCUT2D eigenvalue weighted by atomic mass is 10.0. The molecule has 0 aliphatic rings. The van der Waals surface area contributed by atoms with E-state index in [1.54, 1.807) is 0 Å². The van der Waals surface area contributed by atoms with Crippen LogP contribution < -0.4 is 0 Å². The lowest BCUT2D eigenvalue weighted by molar-refractivity contribution is 1.06. The summed E-state index contributed by atoms with van der Waals surface area (Å²) in [5.74, 6) is 1.89. The van der Waals surface area contributed by atoms with Gasteiger partial charge in [-0.2, -0.15) is 0 Å². The van der Waals surface area contributed by atoms with Gasteiger partial charge in [0.05, 0.1) is 16.7 Å². The molecule has 0 saturated carbocycles. The van der Waals surface area contributed by atoms with Gasteiger partial charge in [-0.25, -0.2) is 15.0 Å². The normalized spacial score (nSPS) is 11.5. The van der Waals surface area contributed by atoms with Crippen LogP contribution in [0.3, 0.4) is 0 Å². The Morgan fingerprint density at radius 3 is 1.61 bits per heavy atom. The molecule has 10 aromatic rings. The molecule has 0 spiro atoms. The van der Waals surface area contributed by atoms with E-state index in [0.29, 0.717) is 17.5 Å². The molecular weight excluding hydrogens is 621 g/mol. The quantitative estimate of drug-likeness (QED) is 0.186. The predicted molar refractivity (Wildman–Crippen MR) is 211 cm³/mol. The first-order chi connectivity index (χ1) is 25.3. The molecule has 0 radical (unpaired) electrons. The van der Waals surface area contributed by atoms with E-state index in [4.69, 9.17) is 15.0 Å². The summed E-state index contributed by atoms with van der Waals surface area (Å²) in [5, 5.41) is 7.33. The number of nitrogens with zero attached hydrogens (tertiary/aromatic N) is 4.